The largest absolute Gasteiger partial charge is 0.378 e. The maximum Gasteiger partial charge on any atom is 0.161 e. The molecule has 2 aliphatic heterocycles. The van der Waals surface area contributed by atoms with Gasteiger partial charge in [-0.25, -0.2) is 0 Å². The molecule has 3 rings (SSSR count). The summed E-state index contributed by atoms with van der Waals surface area (Å²) in [7, 11) is 0. The molecule has 4 nitrogen and oxygen atoms in total. The van der Waals surface area contributed by atoms with E-state index in [0.717, 1.165) is 32.6 Å². The van der Waals surface area contributed by atoms with Crippen LogP contribution in [0.5, 0.6) is 0 Å². The van der Waals surface area contributed by atoms with Gasteiger partial charge >= 0.3 is 0 Å². The van der Waals surface area contributed by atoms with Gasteiger partial charge < -0.3 is 14.2 Å². The van der Waals surface area contributed by atoms with E-state index < -0.39 is 0 Å². The third-order valence-corrected chi connectivity index (χ3v) is 4.76. The molecule has 1 saturated heterocycles. The van der Waals surface area contributed by atoms with Gasteiger partial charge in [0.25, 0.3) is 0 Å². The number of morpholine rings is 1. The minimum absolute atomic E-state index is 0.117. The summed E-state index contributed by atoms with van der Waals surface area (Å²) < 4.78 is 17.2. The summed E-state index contributed by atoms with van der Waals surface area (Å²) >= 11 is 0. The Hall–Kier alpha value is -1.20. The van der Waals surface area contributed by atoms with Crippen LogP contribution >= 0.6 is 0 Å². The minimum Gasteiger partial charge on any atom is -0.378 e. The summed E-state index contributed by atoms with van der Waals surface area (Å²) in [6.45, 7) is 8.00. The number of hydrogen-bond donors (Lipinski definition) is 0. The molecule has 0 saturated carbocycles. The molecule has 2 bridgehead atoms. The molecule has 24 heavy (non-hydrogen) atoms. The molecule has 1 aromatic carbocycles. The van der Waals surface area contributed by atoms with Gasteiger partial charge in [-0.05, 0) is 25.8 Å². The molecule has 1 fully saturated rings. The van der Waals surface area contributed by atoms with Crippen molar-refractivity contribution in [3.63, 3.8) is 0 Å². The number of hydrogen-bond acceptors (Lipinski definition) is 4. The third kappa shape index (κ3) is 4.45. The molecule has 2 unspecified atom stereocenters. The van der Waals surface area contributed by atoms with Gasteiger partial charge in [0.05, 0.1) is 19.3 Å². The number of benzene rings is 1. The second-order valence-corrected chi connectivity index (χ2v) is 6.49. The fraction of sp³-hybridized carbons (Fsp3) is 0.600. The number of nitrogens with zero attached hydrogens (tertiary/aromatic N) is 1. The van der Waals surface area contributed by atoms with E-state index in [9.17, 15) is 0 Å². The van der Waals surface area contributed by atoms with Crippen LogP contribution in [0, 0.1) is 0 Å². The third-order valence-electron chi connectivity index (χ3n) is 4.76. The first-order valence-electron chi connectivity index (χ1n) is 9.10. The standard InChI is InChI=1S/C20H29NO3/c1-3-23-20(24-4-2)12-17-10-18-14-22-15-19(11-17)21(18)13-16-8-6-5-7-9-16/h5-10,18-20H,3-4,11-15H2,1-2H3. The van der Waals surface area contributed by atoms with Crippen molar-refractivity contribution in [3.8, 4) is 0 Å². The molecular weight excluding hydrogens is 302 g/mol. The minimum atomic E-state index is -0.117. The molecule has 2 aliphatic rings. The van der Waals surface area contributed by atoms with Crippen molar-refractivity contribution < 1.29 is 14.2 Å². The smallest absolute Gasteiger partial charge is 0.161 e. The van der Waals surface area contributed by atoms with E-state index in [1.165, 1.54) is 11.1 Å². The van der Waals surface area contributed by atoms with Gasteiger partial charge in [-0.3, -0.25) is 4.90 Å². The highest BCUT2D eigenvalue weighted by molar-refractivity contribution is 5.20. The lowest BCUT2D eigenvalue weighted by molar-refractivity contribution is -0.136. The second kappa shape index (κ2) is 8.77. The van der Waals surface area contributed by atoms with E-state index in [-0.39, 0.29) is 6.29 Å². The Morgan fingerprint density at radius 1 is 1.12 bits per heavy atom. The van der Waals surface area contributed by atoms with Crippen molar-refractivity contribution in [3.05, 3.63) is 47.5 Å². The van der Waals surface area contributed by atoms with Crippen LogP contribution in [0.25, 0.3) is 0 Å². The second-order valence-electron chi connectivity index (χ2n) is 6.49. The highest BCUT2D eigenvalue weighted by Gasteiger charge is 2.35. The summed E-state index contributed by atoms with van der Waals surface area (Å²) in [5, 5.41) is 0. The van der Waals surface area contributed by atoms with E-state index in [1.54, 1.807) is 0 Å². The molecule has 132 valence electrons. The van der Waals surface area contributed by atoms with Crippen LogP contribution in [0.1, 0.15) is 32.3 Å². The zero-order valence-corrected chi connectivity index (χ0v) is 14.8. The van der Waals surface area contributed by atoms with Crippen molar-refractivity contribution in [2.24, 2.45) is 0 Å². The fourth-order valence-electron chi connectivity index (χ4n) is 3.69. The SMILES string of the molecule is CCOC(CC1=CC2COCC(C1)N2Cc1ccccc1)OCC. The molecule has 0 spiro atoms. The molecule has 0 N–H and O–H groups in total. The predicted octanol–water partition coefficient (Wildman–Crippen LogP) is 3.38. The van der Waals surface area contributed by atoms with Crippen molar-refractivity contribution in [1.82, 2.24) is 4.90 Å². The molecule has 0 aromatic heterocycles. The lowest BCUT2D eigenvalue weighted by Crippen LogP contribution is -2.53. The molecular formula is C20H29NO3. The summed E-state index contributed by atoms with van der Waals surface area (Å²) in [6.07, 6.45) is 4.17. The quantitative estimate of drug-likeness (QED) is 0.540. The zero-order chi connectivity index (χ0) is 16.8. The maximum absolute atomic E-state index is 5.80. The van der Waals surface area contributed by atoms with E-state index in [0.29, 0.717) is 25.3 Å². The van der Waals surface area contributed by atoms with Gasteiger partial charge in [0.15, 0.2) is 6.29 Å². The van der Waals surface area contributed by atoms with Crippen molar-refractivity contribution in [2.75, 3.05) is 26.4 Å². The van der Waals surface area contributed by atoms with Gasteiger partial charge in [0, 0.05) is 32.2 Å². The van der Waals surface area contributed by atoms with Gasteiger partial charge in [-0.15, -0.1) is 0 Å². The summed E-state index contributed by atoms with van der Waals surface area (Å²) in [6, 6.07) is 11.5. The zero-order valence-electron chi connectivity index (χ0n) is 14.8. The number of fused-ring (bicyclic) bond motifs is 2. The van der Waals surface area contributed by atoms with Gasteiger partial charge in [0.1, 0.15) is 0 Å². The van der Waals surface area contributed by atoms with Crippen LogP contribution < -0.4 is 0 Å². The van der Waals surface area contributed by atoms with E-state index in [4.69, 9.17) is 14.2 Å². The normalized spacial score (nSPS) is 24.2. The van der Waals surface area contributed by atoms with E-state index in [2.05, 4.69) is 41.3 Å². The van der Waals surface area contributed by atoms with Crippen LogP contribution in [0.2, 0.25) is 0 Å². The molecule has 2 atom stereocenters. The number of ether oxygens (including phenoxy) is 3. The Labute approximate surface area is 145 Å². The van der Waals surface area contributed by atoms with Crippen LogP contribution in [-0.4, -0.2) is 49.7 Å². The van der Waals surface area contributed by atoms with Crippen LogP contribution in [-0.2, 0) is 20.8 Å². The summed E-state index contributed by atoms with van der Waals surface area (Å²) in [5.74, 6) is 0. The maximum atomic E-state index is 5.80. The lowest BCUT2D eigenvalue weighted by Gasteiger charge is -2.45. The fourth-order valence-corrected chi connectivity index (χ4v) is 3.69. The van der Waals surface area contributed by atoms with Crippen molar-refractivity contribution in [1.29, 1.82) is 0 Å². The average Bonchev–Trinajstić information content (AvgIpc) is 2.57. The molecule has 0 amide bonds. The van der Waals surface area contributed by atoms with Crippen molar-refractivity contribution in [2.45, 2.75) is 51.6 Å². The molecule has 4 heteroatoms. The highest BCUT2D eigenvalue weighted by Crippen LogP contribution is 2.31. The Bertz CT molecular complexity index is 525. The Morgan fingerprint density at radius 3 is 2.54 bits per heavy atom. The summed E-state index contributed by atoms with van der Waals surface area (Å²) in [5.41, 5.74) is 2.82. The molecule has 0 radical (unpaired) electrons. The number of rotatable bonds is 8. The van der Waals surface area contributed by atoms with Crippen LogP contribution in [0.3, 0.4) is 0 Å². The van der Waals surface area contributed by atoms with E-state index >= 15 is 0 Å². The van der Waals surface area contributed by atoms with Gasteiger partial charge in [-0.2, -0.15) is 0 Å². The van der Waals surface area contributed by atoms with Crippen LogP contribution in [0.4, 0.5) is 0 Å². The Balaban J connectivity index is 1.67. The molecule has 0 aliphatic carbocycles. The predicted molar refractivity (Wildman–Crippen MR) is 94.7 cm³/mol. The summed E-state index contributed by atoms with van der Waals surface area (Å²) in [4.78, 5) is 2.58. The van der Waals surface area contributed by atoms with E-state index in [1.807, 2.05) is 13.8 Å². The topological polar surface area (TPSA) is 30.9 Å². The first-order chi connectivity index (χ1) is 11.8. The van der Waals surface area contributed by atoms with Crippen LogP contribution in [0.15, 0.2) is 42.0 Å². The molecule has 1 aromatic rings. The van der Waals surface area contributed by atoms with Crippen molar-refractivity contribution >= 4 is 0 Å². The lowest BCUT2D eigenvalue weighted by atomic mass is 9.91. The van der Waals surface area contributed by atoms with Gasteiger partial charge in [0.2, 0.25) is 0 Å². The Kier molecular flexibility index (Phi) is 6.44. The average molecular weight is 331 g/mol. The first kappa shape index (κ1) is 17.6. The first-order valence-corrected chi connectivity index (χ1v) is 9.10. The Morgan fingerprint density at radius 2 is 1.88 bits per heavy atom. The highest BCUT2D eigenvalue weighted by atomic mass is 16.7. The monoisotopic (exact) mass is 331 g/mol. The molecule has 2 heterocycles. The van der Waals surface area contributed by atoms with Gasteiger partial charge in [-0.1, -0.05) is 42.0 Å².